The third-order valence-corrected chi connectivity index (χ3v) is 4.95. The second-order valence-corrected chi connectivity index (χ2v) is 6.83. The lowest BCUT2D eigenvalue weighted by Gasteiger charge is -2.25. The maximum absolute atomic E-state index is 14.0. The summed E-state index contributed by atoms with van der Waals surface area (Å²) in [4.78, 5) is 27.1. The average Bonchev–Trinajstić information content (AvgIpc) is 2.99. The second-order valence-electron chi connectivity index (χ2n) is 6.83. The van der Waals surface area contributed by atoms with E-state index in [0.29, 0.717) is 11.1 Å². The van der Waals surface area contributed by atoms with Crippen LogP contribution in [-0.4, -0.2) is 21.7 Å². The van der Waals surface area contributed by atoms with Crippen molar-refractivity contribution >= 4 is 17.4 Å². The van der Waals surface area contributed by atoms with E-state index in [9.17, 15) is 19.1 Å². The molecule has 0 spiro atoms. The van der Waals surface area contributed by atoms with E-state index in [4.69, 9.17) is 0 Å². The van der Waals surface area contributed by atoms with E-state index in [1.165, 1.54) is 23.1 Å². The predicted molar refractivity (Wildman–Crippen MR) is 107 cm³/mol. The topological polar surface area (TPSA) is 57.6 Å². The first-order chi connectivity index (χ1) is 14.1. The second kappa shape index (κ2) is 7.72. The standard InChI is InChI=1S/C24H18FNO3/c25-19-13-7-12-18(14-19)21-20(22(27)17-10-5-2-6-11-17)23(28)24(29)26(21)15-16-8-3-1-4-9-16/h1-14,21,27H,15H2/b22-20-. The molecule has 5 heteroatoms. The van der Waals surface area contributed by atoms with Gasteiger partial charge in [-0.25, -0.2) is 4.39 Å². The minimum Gasteiger partial charge on any atom is -0.507 e. The van der Waals surface area contributed by atoms with Gasteiger partial charge in [0.2, 0.25) is 0 Å². The van der Waals surface area contributed by atoms with Gasteiger partial charge in [0.05, 0.1) is 11.6 Å². The molecule has 1 amide bonds. The molecule has 0 aliphatic carbocycles. The highest BCUT2D eigenvalue weighted by atomic mass is 19.1. The van der Waals surface area contributed by atoms with E-state index in [1.807, 2.05) is 30.3 Å². The Morgan fingerprint density at radius 1 is 0.897 bits per heavy atom. The molecule has 1 unspecified atom stereocenters. The molecular weight excluding hydrogens is 369 g/mol. The molecule has 0 saturated carbocycles. The van der Waals surface area contributed by atoms with Crippen LogP contribution >= 0.6 is 0 Å². The number of rotatable bonds is 4. The Morgan fingerprint density at radius 2 is 1.55 bits per heavy atom. The number of halogens is 1. The highest BCUT2D eigenvalue weighted by Crippen LogP contribution is 2.40. The van der Waals surface area contributed by atoms with E-state index in [1.54, 1.807) is 36.4 Å². The minimum atomic E-state index is -0.883. The summed E-state index contributed by atoms with van der Waals surface area (Å²) in [6, 6.07) is 22.7. The highest BCUT2D eigenvalue weighted by molar-refractivity contribution is 6.46. The Morgan fingerprint density at radius 3 is 2.21 bits per heavy atom. The number of hydrogen-bond acceptors (Lipinski definition) is 3. The molecule has 29 heavy (non-hydrogen) atoms. The first-order valence-electron chi connectivity index (χ1n) is 9.19. The zero-order valence-corrected chi connectivity index (χ0v) is 15.5. The quantitative estimate of drug-likeness (QED) is 0.409. The van der Waals surface area contributed by atoms with Crippen LogP contribution in [0, 0.1) is 5.82 Å². The summed E-state index contributed by atoms with van der Waals surface area (Å²) in [5, 5.41) is 10.9. The molecule has 0 radical (unpaired) electrons. The lowest BCUT2D eigenvalue weighted by molar-refractivity contribution is -0.140. The number of aliphatic hydroxyl groups is 1. The van der Waals surface area contributed by atoms with Gasteiger partial charge in [-0.2, -0.15) is 0 Å². The van der Waals surface area contributed by atoms with Crippen molar-refractivity contribution in [3.8, 4) is 0 Å². The van der Waals surface area contributed by atoms with Crippen LogP contribution in [0.2, 0.25) is 0 Å². The number of benzene rings is 3. The average molecular weight is 387 g/mol. The number of nitrogens with zero attached hydrogens (tertiary/aromatic N) is 1. The van der Waals surface area contributed by atoms with Crippen LogP contribution in [-0.2, 0) is 16.1 Å². The van der Waals surface area contributed by atoms with Crippen molar-refractivity contribution in [2.45, 2.75) is 12.6 Å². The Kier molecular flexibility index (Phi) is 4.96. The third kappa shape index (κ3) is 3.55. The SMILES string of the molecule is O=C1C(=O)N(Cc2ccccc2)C(c2cccc(F)c2)/C1=C(/O)c1ccccc1. The molecule has 1 N–H and O–H groups in total. The molecule has 4 rings (SSSR count). The first kappa shape index (κ1) is 18.6. The number of carbonyl (C=O) groups is 2. The minimum absolute atomic E-state index is 0.0391. The number of carbonyl (C=O) groups excluding carboxylic acids is 2. The number of aliphatic hydroxyl groups excluding tert-OH is 1. The molecule has 4 nitrogen and oxygen atoms in total. The molecule has 1 aliphatic rings. The monoisotopic (exact) mass is 387 g/mol. The number of ketones is 1. The lowest BCUT2D eigenvalue weighted by Crippen LogP contribution is -2.29. The summed E-state index contributed by atoms with van der Waals surface area (Å²) < 4.78 is 14.0. The van der Waals surface area contributed by atoms with Gasteiger partial charge in [-0.3, -0.25) is 9.59 Å². The molecule has 0 aromatic heterocycles. The third-order valence-electron chi connectivity index (χ3n) is 4.95. The molecule has 3 aromatic carbocycles. The van der Waals surface area contributed by atoms with Gasteiger partial charge in [0, 0.05) is 12.1 Å². The zero-order chi connectivity index (χ0) is 20.4. The zero-order valence-electron chi connectivity index (χ0n) is 15.5. The molecule has 1 saturated heterocycles. The Bertz CT molecular complexity index is 1090. The van der Waals surface area contributed by atoms with Gasteiger partial charge in [-0.05, 0) is 23.3 Å². The van der Waals surface area contributed by atoms with Gasteiger partial charge < -0.3 is 10.0 Å². The molecule has 1 heterocycles. The van der Waals surface area contributed by atoms with Gasteiger partial charge in [-0.1, -0.05) is 72.8 Å². The van der Waals surface area contributed by atoms with Crippen LogP contribution < -0.4 is 0 Å². The predicted octanol–water partition coefficient (Wildman–Crippen LogP) is 4.45. The van der Waals surface area contributed by atoms with Crippen molar-refractivity contribution in [2.24, 2.45) is 0 Å². The van der Waals surface area contributed by atoms with E-state index in [2.05, 4.69) is 0 Å². The van der Waals surface area contributed by atoms with Crippen LogP contribution in [0.5, 0.6) is 0 Å². The van der Waals surface area contributed by atoms with Gasteiger partial charge in [0.15, 0.2) is 0 Å². The molecule has 1 aliphatic heterocycles. The molecule has 144 valence electrons. The summed E-state index contributed by atoms with van der Waals surface area (Å²) in [5.74, 6) is -2.25. The van der Waals surface area contributed by atoms with Crippen LogP contribution in [0.4, 0.5) is 4.39 Å². The largest absolute Gasteiger partial charge is 0.507 e. The summed E-state index contributed by atoms with van der Waals surface area (Å²) in [6.45, 7) is 0.165. The molecule has 1 atom stereocenters. The summed E-state index contributed by atoms with van der Waals surface area (Å²) in [7, 11) is 0. The molecule has 3 aromatic rings. The maximum Gasteiger partial charge on any atom is 0.295 e. The molecule has 0 bridgehead atoms. The van der Waals surface area contributed by atoms with Crippen LogP contribution in [0.15, 0.2) is 90.5 Å². The van der Waals surface area contributed by atoms with Gasteiger partial charge in [-0.15, -0.1) is 0 Å². The summed E-state index contributed by atoms with van der Waals surface area (Å²) >= 11 is 0. The fourth-order valence-corrected chi connectivity index (χ4v) is 3.60. The van der Waals surface area contributed by atoms with Crippen LogP contribution in [0.25, 0.3) is 5.76 Å². The fourth-order valence-electron chi connectivity index (χ4n) is 3.60. The lowest BCUT2D eigenvalue weighted by atomic mass is 9.95. The van der Waals surface area contributed by atoms with Crippen molar-refractivity contribution in [3.63, 3.8) is 0 Å². The number of Topliss-reactive ketones (excluding diaryl/α,β-unsaturated/α-hetero) is 1. The van der Waals surface area contributed by atoms with Gasteiger partial charge in [0.1, 0.15) is 11.6 Å². The number of likely N-dealkylation sites (tertiary alicyclic amines) is 1. The first-order valence-corrected chi connectivity index (χ1v) is 9.19. The van der Waals surface area contributed by atoms with Crippen molar-refractivity contribution in [1.29, 1.82) is 0 Å². The van der Waals surface area contributed by atoms with Crippen LogP contribution in [0.3, 0.4) is 0 Å². The Hall–Kier alpha value is -3.73. The summed E-state index contributed by atoms with van der Waals surface area (Å²) in [5.41, 5.74) is 1.64. The smallest absolute Gasteiger partial charge is 0.295 e. The van der Waals surface area contributed by atoms with E-state index < -0.39 is 23.5 Å². The van der Waals surface area contributed by atoms with Crippen molar-refractivity contribution in [2.75, 3.05) is 0 Å². The molecular formula is C24H18FNO3. The van der Waals surface area contributed by atoms with E-state index in [-0.39, 0.29) is 17.9 Å². The van der Waals surface area contributed by atoms with Gasteiger partial charge >= 0.3 is 0 Å². The number of amides is 1. The van der Waals surface area contributed by atoms with E-state index >= 15 is 0 Å². The van der Waals surface area contributed by atoms with Crippen molar-refractivity contribution < 1.29 is 19.1 Å². The summed E-state index contributed by atoms with van der Waals surface area (Å²) in [6.07, 6.45) is 0. The van der Waals surface area contributed by atoms with Crippen molar-refractivity contribution in [3.05, 3.63) is 113 Å². The Balaban J connectivity index is 1.87. The van der Waals surface area contributed by atoms with Crippen LogP contribution in [0.1, 0.15) is 22.7 Å². The van der Waals surface area contributed by atoms with Gasteiger partial charge in [0.25, 0.3) is 11.7 Å². The maximum atomic E-state index is 14.0. The Labute approximate surface area is 167 Å². The number of hydrogen-bond donors (Lipinski definition) is 1. The highest BCUT2D eigenvalue weighted by Gasteiger charge is 2.46. The fraction of sp³-hybridized carbons (Fsp3) is 0.0833. The van der Waals surface area contributed by atoms with E-state index in [0.717, 1.165) is 5.56 Å². The molecule has 1 fully saturated rings. The normalized spacial score (nSPS) is 18.2. The van der Waals surface area contributed by atoms with Crippen molar-refractivity contribution in [1.82, 2.24) is 4.90 Å².